The minimum atomic E-state index is 0.0637. The molecule has 0 amide bonds. The van der Waals surface area contributed by atoms with Crippen LogP contribution in [-0.2, 0) is 4.74 Å². The predicted molar refractivity (Wildman–Crippen MR) is 43.2 cm³/mol. The maximum atomic E-state index is 5.71. The highest BCUT2D eigenvalue weighted by atomic mass is 16.5. The van der Waals surface area contributed by atoms with Crippen molar-refractivity contribution in [3.8, 4) is 0 Å². The number of rotatable bonds is 2. The minimum absolute atomic E-state index is 0.0637. The predicted octanol–water partition coefficient (Wildman–Crippen LogP) is -0.181. The van der Waals surface area contributed by atoms with Gasteiger partial charge in [-0.1, -0.05) is 0 Å². The molecule has 0 heterocycles. The zero-order valence-corrected chi connectivity index (χ0v) is 6.76. The van der Waals surface area contributed by atoms with Crippen molar-refractivity contribution in [2.24, 2.45) is 11.6 Å². The molecule has 1 aliphatic carbocycles. The minimum Gasteiger partial charge on any atom is -0.401 e. The number of allylic oxidation sites excluding steroid dienone is 1. The highest BCUT2D eigenvalue weighted by Gasteiger charge is 2.20. The number of hydrogen-bond acceptors (Lipinski definition) is 4. The Bertz CT molecular complexity index is 167. The summed E-state index contributed by atoms with van der Waals surface area (Å²) in [6.45, 7) is 0. The van der Waals surface area contributed by atoms with Gasteiger partial charge >= 0.3 is 0 Å². The van der Waals surface area contributed by atoms with Crippen LogP contribution in [0.1, 0.15) is 19.3 Å². The molecule has 64 valence electrons. The van der Waals surface area contributed by atoms with Crippen molar-refractivity contribution >= 4 is 0 Å². The molecular formula is C7H15N3O. The molecule has 0 spiro atoms. The molecule has 1 aliphatic rings. The zero-order valence-electron chi connectivity index (χ0n) is 6.76. The molecule has 1 atom stereocenters. The molecule has 0 aromatic carbocycles. The summed E-state index contributed by atoms with van der Waals surface area (Å²) < 4.78 is 5.18. The fraction of sp³-hybridized carbons (Fsp3) is 0.714. The number of ether oxygens (including phenoxy) is 1. The van der Waals surface area contributed by atoms with E-state index in [1.165, 1.54) is 0 Å². The summed E-state index contributed by atoms with van der Waals surface area (Å²) in [7, 11) is 1.67. The van der Waals surface area contributed by atoms with Crippen LogP contribution < -0.4 is 17.0 Å². The van der Waals surface area contributed by atoms with E-state index in [-0.39, 0.29) is 6.10 Å². The van der Waals surface area contributed by atoms with Crippen LogP contribution in [0.3, 0.4) is 0 Å². The molecule has 4 nitrogen and oxygen atoms in total. The maximum absolute atomic E-state index is 5.71. The Morgan fingerprint density at radius 2 is 2.36 bits per heavy atom. The molecule has 4 heteroatoms. The van der Waals surface area contributed by atoms with Gasteiger partial charge in [-0.15, -0.1) is 0 Å². The van der Waals surface area contributed by atoms with E-state index >= 15 is 0 Å². The first-order valence-corrected chi connectivity index (χ1v) is 3.77. The Morgan fingerprint density at radius 3 is 2.82 bits per heavy atom. The Morgan fingerprint density at radius 1 is 1.64 bits per heavy atom. The van der Waals surface area contributed by atoms with E-state index in [9.17, 15) is 0 Å². The van der Waals surface area contributed by atoms with E-state index in [1.807, 2.05) is 0 Å². The van der Waals surface area contributed by atoms with Crippen LogP contribution in [0.5, 0.6) is 0 Å². The first-order valence-electron chi connectivity index (χ1n) is 3.77. The maximum Gasteiger partial charge on any atom is 0.0996 e. The van der Waals surface area contributed by atoms with Gasteiger partial charge in [-0.25, -0.2) is 0 Å². The van der Waals surface area contributed by atoms with Gasteiger partial charge < -0.3 is 15.9 Å². The molecule has 11 heavy (non-hydrogen) atoms. The Balaban J connectivity index is 2.73. The Kier molecular flexibility index (Phi) is 2.73. The van der Waals surface area contributed by atoms with E-state index in [2.05, 4.69) is 5.43 Å². The van der Waals surface area contributed by atoms with Crippen LogP contribution in [-0.4, -0.2) is 13.2 Å². The number of nitrogens with two attached hydrogens (primary N) is 2. The molecule has 0 radical (unpaired) electrons. The molecule has 0 aromatic rings. The van der Waals surface area contributed by atoms with Crippen LogP contribution in [0.4, 0.5) is 0 Å². The summed E-state index contributed by atoms with van der Waals surface area (Å²) in [4.78, 5) is 0. The molecule has 0 bridgehead atoms. The van der Waals surface area contributed by atoms with Gasteiger partial charge in [-0.2, -0.15) is 0 Å². The summed E-state index contributed by atoms with van der Waals surface area (Å²) in [6.07, 6.45) is 3.06. The van der Waals surface area contributed by atoms with Crippen molar-refractivity contribution in [3.63, 3.8) is 0 Å². The third-order valence-corrected chi connectivity index (χ3v) is 2.02. The lowest BCUT2D eigenvalue weighted by atomic mass is 9.99. The average Bonchev–Trinajstić information content (AvgIpc) is 2.04. The van der Waals surface area contributed by atoms with Crippen LogP contribution in [0.25, 0.3) is 0 Å². The largest absolute Gasteiger partial charge is 0.401 e. The van der Waals surface area contributed by atoms with Gasteiger partial charge in [0.2, 0.25) is 0 Å². The summed E-state index contributed by atoms with van der Waals surface area (Å²) in [5.41, 5.74) is 9.97. The third kappa shape index (κ3) is 1.64. The number of methoxy groups -OCH3 is 1. The molecule has 1 rings (SSSR count). The van der Waals surface area contributed by atoms with E-state index in [4.69, 9.17) is 16.3 Å². The highest BCUT2D eigenvalue weighted by Crippen LogP contribution is 2.21. The Labute approximate surface area is 66.5 Å². The van der Waals surface area contributed by atoms with Crippen molar-refractivity contribution in [3.05, 3.63) is 11.4 Å². The quantitative estimate of drug-likeness (QED) is 0.384. The first kappa shape index (κ1) is 8.36. The lowest BCUT2D eigenvalue weighted by molar-refractivity contribution is 0.110. The average molecular weight is 157 g/mol. The second-order valence-electron chi connectivity index (χ2n) is 2.70. The van der Waals surface area contributed by atoms with E-state index < -0.39 is 0 Å². The second-order valence-corrected chi connectivity index (χ2v) is 2.70. The number of nitrogens with one attached hydrogen (secondary N) is 1. The molecule has 1 unspecified atom stereocenters. The number of hydrazine groups is 1. The highest BCUT2D eigenvalue weighted by molar-refractivity contribution is 5.16. The fourth-order valence-corrected chi connectivity index (χ4v) is 1.39. The number of hydrogen-bond donors (Lipinski definition) is 3. The zero-order chi connectivity index (χ0) is 8.27. The van der Waals surface area contributed by atoms with Crippen LogP contribution >= 0.6 is 0 Å². The van der Waals surface area contributed by atoms with Gasteiger partial charge in [-0.3, -0.25) is 5.84 Å². The molecule has 0 aliphatic heterocycles. The van der Waals surface area contributed by atoms with E-state index in [0.29, 0.717) is 0 Å². The van der Waals surface area contributed by atoms with Crippen molar-refractivity contribution in [1.29, 1.82) is 0 Å². The van der Waals surface area contributed by atoms with Crippen molar-refractivity contribution in [2.75, 3.05) is 7.11 Å². The molecule has 5 N–H and O–H groups in total. The molecule has 0 saturated heterocycles. The summed E-state index contributed by atoms with van der Waals surface area (Å²) in [6, 6.07) is 0. The monoisotopic (exact) mass is 157 g/mol. The lowest BCUT2D eigenvalue weighted by Gasteiger charge is -2.24. The smallest absolute Gasteiger partial charge is 0.0996 e. The summed E-state index contributed by atoms with van der Waals surface area (Å²) >= 11 is 0. The molecule has 0 saturated carbocycles. The topological polar surface area (TPSA) is 73.3 Å². The van der Waals surface area contributed by atoms with Gasteiger partial charge in [-0.05, 0) is 19.3 Å². The Hall–Kier alpha value is -0.740. The van der Waals surface area contributed by atoms with Gasteiger partial charge in [0.05, 0.1) is 11.8 Å². The SMILES string of the molecule is COC1CCCC(N)=C1NN. The van der Waals surface area contributed by atoms with Crippen molar-refractivity contribution in [2.45, 2.75) is 25.4 Å². The van der Waals surface area contributed by atoms with Crippen LogP contribution in [0, 0.1) is 0 Å². The van der Waals surface area contributed by atoms with Crippen molar-refractivity contribution < 1.29 is 4.74 Å². The standard InChI is InChI=1S/C7H15N3O/c1-11-6-4-2-3-5(8)7(6)10-9/h6,10H,2-4,8-9H2,1H3. The van der Waals surface area contributed by atoms with Gasteiger partial charge in [0, 0.05) is 12.8 Å². The lowest BCUT2D eigenvalue weighted by Crippen LogP contribution is -2.36. The van der Waals surface area contributed by atoms with E-state index in [0.717, 1.165) is 30.7 Å². The molecule has 0 aromatic heterocycles. The first-order chi connectivity index (χ1) is 5.29. The normalized spacial score (nSPS) is 25.5. The van der Waals surface area contributed by atoms with Crippen LogP contribution in [0.2, 0.25) is 0 Å². The fourth-order valence-electron chi connectivity index (χ4n) is 1.39. The summed E-state index contributed by atoms with van der Waals surface area (Å²) in [5.74, 6) is 5.29. The van der Waals surface area contributed by atoms with Gasteiger partial charge in [0.15, 0.2) is 0 Å². The third-order valence-electron chi connectivity index (χ3n) is 2.02. The second kappa shape index (κ2) is 3.59. The van der Waals surface area contributed by atoms with Crippen molar-refractivity contribution in [1.82, 2.24) is 5.43 Å². The molecule has 0 fully saturated rings. The van der Waals surface area contributed by atoms with Gasteiger partial charge in [0.1, 0.15) is 0 Å². The van der Waals surface area contributed by atoms with E-state index in [1.54, 1.807) is 7.11 Å². The van der Waals surface area contributed by atoms with Gasteiger partial charge in [0.25, 0.3) is 0 Å². The van der Waals surface area contributed by atoms with Crippen LogP contribution in [0.15, 0.2) is 11.4 Å². The molecular weight excluding hydrogens is 142 g/mol. The summed E-state index contributed by atoms with van der Waals surface area (Å²) in [5, 5.41) is 0.